The minimum absolute atomic E-state index is 0.299. The van der Waals surface area contributed by atoms with E-state index in [4.69, 9.17) is 5.11 Å². The maximum atomic E-state index is 12.7. The van der Waals surface area contributed by atoms with Crippen LogP contribution in [0.5, 0.6) is 0 Å². The second-order valence-corrected chi connectivity index (χ2v) is 5.28. The molecule has 0 saturated carbocycles. The first-order valence-electron chi connectivity index (χ1n) is 5.20. The Labute approximate surface area is 103 Å². The van der Waals surface area contributed by atoms with Crippen molar-refractivity contribution in [3.8, 4) is 0 Å². The van der Waals surface area contributed by atoms with E-state index in [0.717, 1.165) is 16.4 Å². The molecule has 0 spiro atoms. The van der Waals surface area contributed by atoms with Crippen molar-refractivity contribution < 1.29 is 13.9 Å². The number of nitrogens with zero attached hydrogens (tertiary/aromatic N) is 2. The molecule has 7 heteroatoms. The lowest BCUT2D eigenvalue weighted by atomic mass is 10.3. The van der Waals surface area contributed by atoms with Crippen LogP contribution in [0.25, 0.3) is 0 Å². The summed E-state index contributed by atoms with van der Waals surface area (Å²) in [5.74, 6) is -3.07. The molecule has 1 heterocycles. The smallest absolute Gasteiger partial charge is 0.282 e. The molecule has 0 aliphatic carbocycles. The number of nitrogens with one attached hydrogen (secondary N) is 1. The van der Waals surface area contributed by atoms with Crippen LogP contribution in [0.2, 0.25) is 0 Å². The summed E-state index contributed by atoms with van der Waals surface area (Å²) < 4.78 is 25.4. The van der Waals surface area contributed by atoms with Crippen LogP contribution in [0.1, 0.15) is 9.88 Å². The zero-order valence-electron chi connectivity index (χ0n) is 9.91. The predicted molar refractivity (Wildman–Crippen MR) is 63.2 cm³/mol. The van der Waals surface area contributed by atoms with Crippen LogP contribution in [0, 0.1) is 0 Å². The Balaban J connectivity index is 2.35. The van der Waals surface area contributed by atoms with Crippen molar-refractivity contribution in [3.05, 3.63) is 16.1 Å². The fraction of sp³-hybridized carbons (Fsp3) is 0.700. The fourth-order valence-corrected chi connectivity index (χ4v) is 2.23. The van der Waals surface area contributed by atoms with Gasteiger partial charge in [-0.1, -0.05) is 0 Å². The van der Waals surface area contributed by atoms with E-state index in [1.807, 2.05) is 19.0 Å². The van der Waals surface area contributed by atoms with Crippen LogP contribution in [-0.4, -0.2) is 48.2 Å². The van der Waals surface area contributed by atoms with Crippen LogP contribution in [-0.2, 0) is 13.1 Å². The summed E-state index contributed by atoms with van der Waals surface area (Å²) in [4.78, 5) is 7.25. The van der Waals surface area contributed by atoms with Gasteiger partial charge in [0, 0.05) is 24.2 Å². The van der Waals surface area contributed by atoms with Gasteiger partial charge in [-0.25, -0.2) is 13.8 Å². The zero-order chi connectivity index (χ0) is 12.9. The quantitative estimate of drug-likeness (QED) is 0.770. The Bertz CT molecular complexity index is 344. The van der Waals surface area contributed by atoms with Gasteiger partial charge in [-0.05, 0) is 14.1 Å². The van der Waals surface area contributed by atoms with Crippen molar-refractivity contribution in [1.82, 2.24) is 15.2 Å². The number of halogens is 2. The highest BCUT2D eigenvalue weighted by Crippen LogP contribution is 2.15. The number of aromatic nitrogens is 1. The first kappa shape index (κ1) is 14.4. The summed E-state index contributed by atoms with van der Waals surface area (Å²) in [6.45, 7) is -0.575. The summed E-state index contributed by atoms with van der Waals surface area (Å²) in [6.07, 6.45) is 1.76. The number of hydrogen-bond acceptors (Lipinski definition) is 5. The minimum Gasteiger partial charge on any atom is -0.390 e. The number of hydrogen-bond donors (Lipinski definition) is 2. The molecule has 0 aromatic carbocycles. The first-order chi connectivity index (χ1) is 7.93. The van der Waals surface area contributed by atoms with Crippen LogP contribution in [0.15, 0.2) is 6.20 Å². The van der Waals surface area contributed by atoms with E-state index in [0.29, 0.717) is 6.54 Å². The van der Waals surface area contributed by atoms with Crippen molar-refractivity contribution in [2.75, 3.05) is 27.2 Å². The molecule has 0 fully saturated rings. The highest BCUT2D eigenvalue weighted by Gasteiger charge is 2.26. The van der Waals surface area contributed by atoms with Gasteiger partial charge >= 0.3 is 0 Å². The molecule has 0 saturated heterocycles. The van der Waals surface area contributed by atoms with E-state index in [1.54, 1.807) is 6.20 Å². The van der Waals surface area contributed by atoms with Crippen molar-refractivity contribution in [2.24, 2.45) is 0 Å². The number of alkyl halides is 2. The SMILES string of the molecule is CN(C)Cc1cnc(CNCC(F)(F)CO)s1. The molecule has 1 aromatic rings. The molecular formula is C10H17F2N3OS. The average Bonchev–Trinajstić information content (AvgIpc) is 2.64. The van der Waals surface area contributed by atoms with E-state index < -0.39 is 19.1 Å². The molecule has 0 aliphatic rings. The lowest BCUT2D eigenvalue weighted by Crippen LogP contribution is -2.35. The maximum Gasteiger partial charge on any atom is 0.282 e. The van der Waals surface area contributed by atoms with Gasteiger partial charge in [0.05, 0.1) is 6.54 Å². The van der Waals surface area contributed by atoms with E-state index >= 15 is 0 Å². The zero-order valence-corrected chi connectivity index (χ0v) is 10.7. The van der Waals surface area contributed by atoms with Gasteiger partial charge in [-0.3, -0.25) is 0 Å². The largest absolute Gasteiger partial charge is 0.390 e. The molecule has 0 amide bonds. The van der Waals surface area contributed by atoms with Crippen LogP contribution in [0.3, 0.4) is 0 Å². The van der Waals surface area contributed by atoms with Gasteiger partial charge in [-0.2, -0.15) is 0 Å². The third kappa shape index (κ3) is 5.49. The molecule has 0 unspecified atom stereocenters. The molecule has 0 atom stereocenters. The monoisotopic (exact) mass is 265 g/mol. The number of thiazole rings is 1. The molecule has 1 aromatic heterocycles. The van der Waals surface area contributed by atoms with Crippen molar-refractivity contribution >= 4 is 11.3 Å². The van der Waals surface area contributed by atoms with Crippen LogP contribution >= 0.6 is 11.3 Å². The lowest BCUT2D eigenvalue weighted by molar-refractivity contribution is -0.0477. The van der Waals surface area contributed by atoms with Gasteiger partial charge in [0.25, 0.3) is 5.92 Å². The normalized spacial score (nSPS) is 12.4. The summed E-state index contributed by atoms with van der Waals surface area (Å²) in [5, 5.41) is 11.7. The highest BCUT2D eigenvalue weighted by atomic mass is 32.1. The number of rotatable bonds is 7. The van der Waals surface area contributed by atoms with E-state index in [9.17, 15) is 8.78 Å². The molecule has 98 valence electrons. The van der Waals surface area contributed by atoms with Crippen molar-refractivity contribution in [3.63, 3.8) is 0 Å². The van der Waals surface area contributed by atoms with Crippen molar-refractivity contribution in [1.29, 1.82) is 0 Å². The van der Waals surface area contributed by atoms with Gasteiger partial charge in [0.1, 0.15) is 11.6 Å². The molecule has 4 nitrogen and oxygen atoms in total. The Morgan fingerprint density at radius 3 is 2.82 bits per heavy atom. The summed E-state index contributed by atoms with van der Waals surface area (Å²) in [6, 6.07) is 0. The lowest BCUT2D eigenvalue weighted by Gasteiger charge is -2.12. The van der Waals surface area contributed by atoms with E-state index in [-0.39, 0.29) is 0 Å². The average molecular weight is 265 g/mol. The van der Waals surface area contributed by atoms with E-state index in [1.165, 1.54) is 11.3 Å². The molecule has 0 aliphatic heterocycles. The first-order valence-corrected chi connectivity index (χ1v) is 6.02. The maximum absolute atomic E-state index is 12.7. The second kappa shape index (κ2) is 6.34. The standard InChI is InChI=1S/C10H17F2N3OS/c1-15(2)5-8-3-14-9(17-8)4-13-6-10(11,12)7-16/h3,13,16H,4-7H2,1-2H3. The highest BCUT2D eigenvalue weighted by molar-refractivity contribution is 7.11. The Kier molecular flexibility index (Phi) is 5.38. The van der Waals surface area contributed by atoms with Gasteiger partial charge < -0.3 is 15.3 Å². The van der Waals surface area contributed by atoms with Gasteiger partial charge in [-0.15, -0.1) is 11.3 Å². The molecule has 17 heavy (non-hydrogen) atoms. The van der Waals surface area contributed by atoms with Gasteiger partial charge in [0.15, 0.2) is 0 Å². The third-order valence-electron chi connectivity index (χ3n) is 1.96. The van der Waals surface area contributed by atoms with Gasteiger partial charge in [0.2, 0.25) is 0 Å². The number of aliphatic hydroxyl groups excluding tert-OH is 1. The molecule has 0 radical (unpaired) electrons. The minimum atomic E-state index is -3.07. The molecule has 2 N–H and O–H groups in total. The summed E-state index contributed by atoms with van der Waals surface area (Å²) >= 11 is 1.50. The Morgan fingerprint density at radius 2 is 2.24 bits per heavy atom. The molecule has 0 bridgehead atoms. The van der Waals surface area contributed by atoms with Crippen LogP contribution in [0.4, 0.5) is 8.78 Å². The van der Waals surface area contributed by atoms with E-state index in [2.05, 4.69) is 10.3 Å². The summed E-state index contributed by atoms with van der Waals surface area (Å²) in [5.41, 5.74) is 0. The topological polar surface area (TPSA) is 48.4 Å². The fourth-order valence-electron chi connectivity index (χ4n) is 1.22. The Hall–Kier alpha value is -0.630. The van der Waals surface area contributed by atoms with Crippen molar-refractivity contribution in [2.45, 2.75) is 19.0 Å². The predicted octanol–water partition coefficient (Wildman–Crippen LogP) is 0.922. The molecular weight excluding hydrogens is 248 g/mol. The summed E-state index contributed by atoms with van der Waals surface area (Å²) in [7, 11) is 3.92. The van der Waals surface area contributed by atoms with Crippen LogP contribution < -0.4 is 5.32 Å². The molecule has 1 rings (SSSR count). The second-order valence-electron chi connectivity index (χ2n) is 4.08. The Morgan fingerprint density at radius 1 is 1.53 bits per heavy atom. The number of aliphatic hydroxyl groups is 1. The third-order valence-corrected chi connectivity index (χ3v) is 2.95.